The van der Waals surface area contributed by atoms with E-state index in [2.05, 4.69) is 22.5 Å². The number of para-hydroxylation sites is 2. The van der Waals surface area contributed by atoms with E-state index in [0.29, 0.717) is 6.54 Å². The molecule has 6 nitrogen and oxygen atoms in total. The number of anilines is 3. The van der Waals surface area contributed by atoms with Crippen molar-refractivity contribution >= 4 is 40.2 Å². The van der Waals surface area contributed by atoms with E-state index >= 15 is 0 Å². The van der Waals surface area contributed by atoms with E-state index in [1.807, 2.05) is 66.6 Å². The predicted octanol–water partition coefficient (Wildman–Crippen LogP) is 4.68. The molecule has 3 aromatic rings. The Morgan fingerprint density at radius 1 is 1.23 bits per heavy atom. The Kier molecular flexibility index (Phi) is 6.04. The monoisotopic (exact) mass is 434 g/mol. The SMILES string of the molecule is CCc1nc(CN2c3ccccc3NC(=O)[C@@H]2CC(=O)Nc2ccc(C)cc2C)cs1. The molecule has 31 heavy (non-hydrogen) atoms. The molecule has 1 aliphatic heterocycles. The van der Waals surface area contributed by atoms with Gasteiger partial charge in [0.05, 0.1) is 35.0 Å². The average Bonchev–Trinajstić information content (AvgIpc) is 3.20. The summed E-state index contributed by atoms with van der Waals surface area (Å²) in [5.41, 5.74) is 5.47. The van der Waals surface area contributed by atoms with E-state index in [-0.39, 0.29) is 18.2 Å². The summed E-state index contributed by atoms with van der Waals surface area (Å²) in [6.07, 6.45) is 0.932. The summed E-state index contributed by atoms with van der Waals surface area (Å²) in [4.78, 5) is 32.5. The number of fused-ring (bicyclic) bond motifs is 1. The van der Waals surface area contributed by atoms with Gasteiger partial charge in [0.25, 0.3) is 0 Å². The first-order chi connectivity index (χ1) is 14.9. The highest BCUT2D eigenvalue weighted by atomic mass is 32.1. The molecular weight excluding hydrogens is 408 g/mol. The van der Waals surface area contributed by atoms with Crippen LogP contribution in [0.5, 0.6) is 0 Å². The summed E-state index contributed by atoms with van der Waals surface area (Å²) in [6.45, 7) is 6.53. The predicted molar refractivity (Wildman–Crippen MR) is 126 cm³/mol. The summed E-state index contributed by atoms with van der Waals surface area (Å²) in [5.74, 6) is -0.371. The maximum atomic E-state index is 13.0. The fourth-order valence-electron chi connectivity index (χ4n) is 3.84. The topological polar surface area (TPSA) is 74.3 Å². The van der Waals surface area contributed by atoms with Crippen molar-refractivity contribution in [1.82, 2.24) is 4.98 Å². The second-order valence-electron chi connectivity index (χ2n) is 7.81. The van der Waals surface area contributed by atoms with Gasteiger partial charge in [-0.05, 0) is 44.0 Å². The maximum Gasteiger partial charge on any atom is 0.247 e. The lowest BCUT2D eigenvalue weighted by Gasteiger charge is -2.37. The van der Waals surface area contributed by atoms with E-state index < -0.39 is 6.04 Å². The number of hydrogen-bond donors (Lipinski definition) is 2. The first-order valence-electron chi connectivity index (χ1n) is 10.4. The van der Waals surface area contributed by atoms with Crippen LogP contribution in [-0.2, 0) is 22.6 Å². The van der Waals surface area contributed by atoms with E-state index in [1.165, 1.54) is 0 Å². The van der Waals surface area contributed by atoms with Crippen LogP contribution in [0.2, 0.25) is 0 Å². The van der Waals surface area contributed by atoms with Crippen molar-refractivity contribution in [1.29, 1.82) is 0 Å². The second kappa shape index (κ2) is 8.89. The van der Waals surface area contributed by atoms with Crippen LogP contribution in [0.25, 0.3) is 0 Å². The summed E-state index contributed by atoms with van der Waals surface area (Å²) >= 11 is 1.62. The van der Waals surface area contributed by atoms with Crippen LogP contribution in [0, 0.1) is 13.8 Å². The number of aryl methyl sites for hydroxylation is 3. The Hall–Kier alpha value is -3.19. The molecule has 0 aliphatic carbocycles. The zero-order chi connectivity index (χ0) is 22.0. The van der Waals surface area contributed by atoms with Crippen LogP contribution in [0.4, 0.5) is 17.1 Å². The molecule has 4 rings (SSSR count). The Morgan fingerprint density at radius 3 is 2.77 bits per heavy atom. The Morgan fingerprint density at radius 2 is 2.03 bits per heavy atom. The Balaban J connectivity index is 1.58. The summed E-state index contributed by atoms with van der Waals surface area (Å²) in [5, 5.41) is 9.01. The van der Waals surface area contributed by atoms with Gasteiger partial charge >= 0.3 is 0 Å². The smallest absolute Gasteiger partial charge is 0.247 e. The van der Waals surface area contributed by atoms with E-state index in [0.717, 1.165) is 45.3 Å². The molecule has 2 amide bonds. The van der Waals surface area contributed by atoms with Crippen molar-refractivity contribution in [2.24, 2.45) is 0 Å². The quantitative estimate of drug-likeness (QED) is 0.591. The van der Waals surface area contributed by atoms with Gasteiger partial charge in [-0.1, -0.05) is 36.8 Å². The molecule has 0 radical (unpaired) electrons. The standard InChI is InChI=1S/C24H26N4O2S/c1-4-23-25-17(14-31-23)13-28-20-8-6-5-7-19(20)27-24(30)21(28)12-22(29)26-18-10-9-15(2)11-16(18)3/h5-11,14,21H,4,12-13H2,1-3H3,(H,26,29)(H,27,30)/t21-/m0/s1. The third-order valence-corrected chi connectivity index (χ3v) is 6.46. The fourth-order valence-corrected chi connectivity index (χ4v) is 4.58. The van der Waals surface area contributed by atoms with Gasteiger partial charge in [0.1, 0.15) is 6.04 Å². The molecule has 0 unspecified atom stereocenters. The van der Waals surface area contributed by atoms with Crippen LogP contribution in [0.1, 0.15) is 35.2 Å². The molecule has 7 heteroatoms. The molecule has 1 aromatic heterocycles. The number of carbonyl (C=O) groups excluding carboxylic acids is 2. The Labute approximate surface area is 186 Å². The number of rotatable bonds is 6. The number of nitrogens with one attached hydrogen (secondary N) is 2. The molecule has 2 heterocycles. The lowest BCUT2D eigenvalue weighted by molar-refractivity contribution is -0.122. The maximum absolute atomic E-state index is 13.0. The largest absolute Gasteiger partial charge is 0.351 e. The van der Waals surface area contributed by atoms with Crippen molar-refractivity contribution in [3.63, 3.8) is 0 Å². The van der Waals surface area contributed by atoms with Crippen LogP contribution in [0.15, 0.2) is 47.8 Å². The van der Waals surface area contributed by atoms with Crippen molar-refractivity contribution < 1.29 is 9.59 Å². The fraction of sp³-hybridized carbons (Fsp3) is 0.292. The molecule has 2 N–H and O–H groups in total. The number of nitrogens with zero attached hydrogens (tertiary/aromatic N) is 2. The zero-order valence-electron chi connectivity index (χ0n) is 17.9. The normalized spacial score (nSPS) is 15.4. The van der Waals surface area contributed by atoms with Crippen molar-refractivity contribution in [2.45, 2.75) is 46.2 Å². The third-order valence-electron chi connectivity index (χ3n) is 5.42. The highest BCUT2D eigenvalue weighted by Crippen LogP contribution is 2.34. The minimum absolute atomic E-state index is 0.0538. The molecule has 160 valence electrons. The van der Waals surface area contributed by atoms with E-state index in [9.17, 15) is 9.59 Å². The summed E-state index contributed by atoms with van der Waals surface area (Å²) in [6, 6.07) is 13.0. The molecule has 0 fully saturated rings. The van der Waals surface area contributed by atoms with Crippen molar-refractivity contribution in [3.8, 4) is 0 Å². The number of hydrogen-bond acceptors (Lipinski definition) is 5. The number of thiazole rings is 1. The highest BCUT2D eigenvalue weighted by Gasteiger charge is 2.34. The van der Waals surface area contributed by atoms with Gasteiger partial charge in [0.15, 0.2) is 0 Å². The average molecular weight is 435 g/mol. The van der Waals surface area contributed by atoms with Gasteiger partial charge in [-0.3, -0.25) is 9.59 Å². The molecule has 0 saturated carbocycles. The van der Waals surface area contributed by atoms with E-state index in [1.54, 1.807) is 11.3 Å². The van der Waals surface area contributed by atoms with Gasteiger partial charge in [-0.2, -0.15) is 0 Å². The molecule has 0 saturated heterocycles. The summed E-state index contributed by atoms with van der Waals surface area (Å²) in [7, 11) is 0. The van der Waals surface area contributed by atoms with Crippen LogP contribution in [-0.4, -0.2) is 22.8 Å². The molecule has 0 bridgehead atoms. The van der Waals surface area contributed by atoms with Gasteiger partial charge in [-0.15, -0.1) is 11.3 Å². The van der Waals surface area contributed by atoms with Crippen LogP contribution < -0.4 is 15.5 Å². The van der Waals surface area contributed by atoms with Crippen LogP contribution in [0.3, 0.4) is 0 Å². The molecular formula is C24H26N4O2S. The number of amides is 2. The summed E-state index contributed by atoms with van der Waals surface area (Å²) < 4.78 is 0. The molecule has 1 aliphatic rings. The number of benzene rings is 2. The molecule has 2 aromatic carbocycles. The lowest BCUT2D eigenvalue weighted by atomic mass is 10.0. The molecule has 1 atom stereocenters. The first-order valence-corrected chi connectivity index (χ1v) is 11.3. The van der Waals surface area contributed by atoms with Crippen LogP contribution >= 0.6 is 11.3 Å². The van der Waals surface area contributed by atoms with Crippen molar-refractivity contribution in [2.75, 3.05) is 15.5 Å². The molecule has 0 spiro atoms. The third kappa shape index (κ3) is 4.61. The zero-order valence-corrected chi connectivity index (χ0v) is 18.8. The van der Waals surface area contributed by atoms with Gasteiger partial charge in [0.2, 0.25) is 11.8 Å². The second-order valence-corrected chi connectivity index (χ2v) is 8.75. The van der Waals surface area contributed by atoms with Crippen molar-refractivity contribution in [3.05, 3.63) is 69.7 Å². The Bertz CT molecular complexity index is 1120. The minimum Gasteiger partial charge on any atom is -0.351 e. The highest BCUT2D eigenvalue weighted by molar-refractivity contribution is 7.09. The minimum atomic E-state index is -0.618. The van der Waals surface area contributed by atoms with E-state index in [4.69, 9.17) is 0 Å². The van der Waals surface area contributed by atoms with Gasteiger partial charge < -0.3 is 15.5 Å². The lowest BCUT2D eigenvalue weighted by Crippen LogP contribution is -2.49. The van der Waals surface area contributed by atoms with Gasteiger partial charge in [0, 0.05) is 11.1 Å². The number of aromatic nitrogens is 1. The van der Waals surface area contributed by atoms with Gasteiger partial charge in [-0.25, -0.2) is 4.98 Å². The first kappa shape index (κ1) is 21.1. The number of carbonyl (C=O) groups is 2.